The standard InChI is InChI=1S/C22H24N6O/c1-17-6-3-4-7-19(17)8-9-22(29)27-14-12-26(13-15-27)20-16-21(25-18(2)24-20)28-11-5-10-23-28/h3-11,16H,12-15H2,1-2H3/b9-8+. The molecule has 0 bridgehead atoms. The fraction of sp³-hybridized carbons (Fsp3) is 0.273. The lowest BCUT2D eigenvalue weighted by Crippen LogP contribution is -2.48. The summed E-state index contributed by atoms with van der Waals surface area (Å²) in [5.41, 5.74) is 2.23. The van der Waals surface area contributed by atoms with Crippen LogP contribution >= 0.6 is 0 Å². The van der Waals surface area contributed by atoms with Gasteiger partial charge in [0, 0.05) is 50.7 Å². The van der Waals surface area contributed by atoms with E-state index < -0.39 is 0 Å². The van der Waals surface area contributed by atoms with Crippen LogP contribution in [0.15, 0.2) is 54.9 Å². The van der Waals surface area contributed by atoms with Crippen LogP contribution in [0.4, 0.5) is 5.82 Å². The van der Waals surface area contributed by atoms with Crippen LogP contribution in [0.2, 0.25) is 0 Å². The Morgan fingerprint density at radius 2 is 1.76 bits per heavy atom. The number of aromatic nitrogens is 4. The minimum atomic E-state index is 0.0454. The van der Waals surface area contributed by atoms with Crippen molar-refractivity contribution in [2.45, 2.75) is 13.8 Å². The van der Waals surface area contributed by atoms with Gasteiger partial charge in [0.1, 0.15) is 11.6 Å². The molecule has 1 fully saturated rings. The Hall–Kier alpha value is -3.48. The van der Waals surface area contributed by atoms with Gasteiger partial charge < -0.3 is 9.80 Å². The Bertz CT molecular complexity index is 1020. The topological polar surface area (TPSA) is 67.2 Å². The van der Waals surface area contributed by atoms with Gasteiger partial charge in [-0.3, -0.25) is 4.79 Å². The number of hydrogen-bond acceptors (Lipinski definition) is 5. The summed E-state index contributed by atoms with van der Waals surface area (Å²) in [5, 5.41) is 4.25. The van der Waals surface area contributed by atoms with Gasteiger partial charge in [-0.25, -0.2) is 14.6 Å². The third-order valence-corrected chi connectivity index (χ3v) is 5.06. The molecule has 0 unspecified atom stereocenters. The fourth-order valence-corrected chi connectivity index (χ4v) is 3.42. The summed E-state index contributed by atoms with van der Waals surface area (Å²) in [6.45, 7) is 6.73. The summed E-state index contributed by atoms with van der Waals surface area (Å²) in [4.78, 5) is 25.7. The second-order valence-corrected chi connectivity index (χ2v) is 7.08. The number of benzene rings is 1. The minimum Gasteiger partial charge on any atom is -0.353 e. The monoisotopic (exact) mass is 388 g/mol. The van der Waals surface area contributed by atoms with Crippen LogP contribution in [-0.2, 0) is 4.79 Å². The number of hydrogen-bond donors (Lipinski definition) is 0. The van der Waals surface area contributed by atoms with Gasteiger partial charge in [-0.2, -0.15) is 5.10 Å². The summed E-state index contributed by atoms with van der Waals surface area (Å²) in [6, 6.07) is 11.9. The third-order valence-electron chi connectivity index (χ3n) is 5.06. The van der Waals surface area contributed by atoms with Crippen LogP contribution in [0.5, 0.6) is 0 Å². The van der Waals surface area contributed by atoms with Crippen molar-refractivity contribution in [2.75, 3.05) is 31.1 Å². The van der Waals surface area contributed by atoms with E-state index in [-0.39, 0.29) is 5.91 Å². The summed E-state index contributed by atoms with van der Waals surface area (Å²) >= 11 is 0. The van der Waals surface area contributed by atoms with Gasteiger partial charge in [0.2, 0.25) is 5.91 Å². The van der Waals surface area contributed by atoms with E-state index in [2.05, 4.69) is 20.0 Å². The molecule has 7 nitrogen and oxygen atoms in total. The van der Waals surface area contributed by atoms with E-state index in [0.717, 1.165) is 35.9 Å². The number of carbonyl (C=O) groups excluding carboxylic acids is 1. The summed E-state index contributed by atoms with van der Waals surface area (Å²) < 4.78 is 1.73. The fourth-order valence-electron chi connectivity index (χ4n) is 3.42. The van der Waals surface area contributed by atoms with E-state index in [1.54, 1.807) is 17.0 Å². The molecule has 4 rings (SSSR count). The van der Waals surface area contributed by atoms with Gasteiger partial charge in [0.05, 0.1) is 0 Å². The molecule has 0 saturated carbocycles. The molecule has 1 amide bonds. The zero-order chi connectivity index (χ0) is 20.2. The van der Waals surface area contributed by atoms with Crippen molar-refractivity contribution >= 4 is 17.8 Å². The summed E-state index contributed by atoms with van der Waals surface area (Å²) in [5.74, 6) is 2.36. The number of aryl methyl sites for hydroxylation is 2. The number of anilines is 1. The number of piperazine rings is 1. The Morgan fingerprint density at radius 3 is 2.48 bits per heavy atom. The van der Waals surface area contributed by atoms with Crippen molar-refractivity contribution in [1.29, 1.82) is 0 Å². The van der Waals surface area contributed by atoms with Crippen LogP contribution in [-0.4, -0.2) is 56.7 Å². The molecule has 0 aliphatic carbocycles. The van der Waals surface area contributed by atoms with E-state index >= 15 is 0 Å². The average Bonchev–Trinajstić information content (AvgIpc) is 3.28. The highest BCUT2D eigenvalue weighted by molar-refractivity contribution is 5.92. The molecule has 0 radical (unpaired) electrons. The zero-order valence-electron chi connectivity index (χ0n) is 16.7. The molecule has 3 heterocycles. The van der Waals surface area contributed by atoms with Crippen LogP contribution < -0.4 is 4.90 Å². The van der Waals surface area contributed by atoms with E-state index in [0.29, 0.717) is 18.9 Å². The van der Waals surface area contributed by atoms with Gasteiger partial charge in [-0.15, -0.1) is 0 Å². The van der Waals surface area contributed by atoms with Gasteiger partial charge in [0.15, 0.2) is 5.82 Å². The first-order valence-corrected chi connectivity index (χ1v) is 9.73. The van der Waals surface area contributed by atoms with Crippen LogP contribution in [0.3, 0.4) is 0 Å². The molecule has 1 aromatic carbocycles. The third kappa shape index (κ3) is 4.34. The summed E-state index contributed by atoms with van der Waals surface area (Å²) in [6.07, 6.45) is 7.16. The second-order valence-electron chi connectivity index (χ2n) is 7.08. The number of rotatable bonds is 4. The number of nitrogens with zero attached hydrogens (tertiary/aromatic N) is 6. The molecule has 2 aromatic heterocycles. The van der Waals surface area contributed by atoms with E-state index in [9.17, 15) is 4.79 Å². The molecular formula is C22H24N6O. The van der Waals surface area contributed by atoms with Gasteiger partial charge in [0.25, 0.3) is 0 Å². The predicted octanol–water partition coefficient (Wildman–Crippen LogP) is 2.64. The van der Waals surface area contributed by atoms with E-state index in [1.807, 2.05) is 67.4 Å². The van der Waals surface area contributed by atoms with Crippen molar-refractivity contribution in [1.82, 2.24) is 24.6 Å². The van der Waals surface area contributed by atoms with Gasteiger partial charge in [-0.1, -0.05) is 24.3 Å². The molecule has 29 heavy (non-hydrogen) atoms. The molecule has 1 aliphatic rings. The lowest BCUT2D eigenvalue weighted by Gasteiger charge is -2.35. The SMILES string of the molecule is Cc1nc(N2CCN(C(=O)/C=C/c3ccccc3C)CC2)cc(-n2cccn2)n1. The smallest absolute Gasteiger partial charge is 0.246 e. The average molecular weight is 388 g/mol. The molecule has 7 heteroatoms. The largest absolute Gasteiger partial charge is 0.353 e. The Morgan fingerprint density at radius 1 is 1.00 bits per heavy atom. The van der Waals surface area contributed by atoms with Crippen molar-refractivity contribution in [3.8, 4) is 5.82 Å². The van der Waals surface area contributed by atoms with Crippen molar-refractivity contribution in [2.24, 2.45) is 0 Å². The van der Waals surface area contributed by atoms with Crippen LogP contribution in [0.1, 0.15) is 17.0 Å². The second kappa shape index (κ2) is 8.26. The molecule has 148 valence electrons. The molecule has 0 spiro atoms. The van der Waals surface area contributed by atoms with Gasteiger partial charge >= 0.3 is 0 Å². The first kappa shape index (κ1) is 18.9. The van der Waals surface area contributed by atoms with Crippen LogP contribution in [0.25, 0.3) is 11.9 Å². The Labute approximate surface area is 170 Å². The molecular weight excluding hydrogens is 364 g/mol. The maximum absolute atomic E-state index is 12.6. The lowest BCUT2D eigenvalue weighted by molar-refractivity contribution is -0.126. The molecule has 1 aliphatic heterocycles. The highest BCUT2D eigenvalue weighted by Gasteiger charge is 2.21. The number of carbonyl (C=O) groups is 1. The Kier molecular flexibility index (Phi) is 5.37. The molecule has 0 N–H and O–H groups in total. The van der Waals surface area contributed by atoms with Crippen molar-refractivity contribution in [3.05, 3.63) is 71.8 Å². The first-order chi connectivity index (χ1) is 14.1. The normalized spacial score (nSPS) is 14.6. The molecule has 0 atom stereocenters. The first-order valence-electron chi connectivity index (χ1n) is 9.73. The van der Waals surface area contributed by atoms with Crippen LogP contribution in [0, 0.1) is 13.8 Å². The maximum Gasteiger partial charge on any atom is 0.246 e. The van der Waals surface area contributed by atoms with Gasteiger partial charge in [-0.05, 0) is 37.1 Å². The minimum absolute atomic E-state index is 0.0454. The van der Waals surface area contributed by atoms with Crippen molar-refractivity contribution < 1.29 is 4.79 Å². The lowest BCUT2D eigenvalue weighted by atomic mass is 10.1. The highest BCUT2D eigenvalue weighted by atomic mass is 16.2. The quantitative estimate of drug-likeness (QED) is 0.643. The Balaban J connectivity index is 1.41. The zero-order valence-corrected chi connectivity index (χ0v) is 16.7. The predicted molar refractivity (Wildman–Crippen MR) is 113 cm³/mol. The molecule has 3 aromatic rings. The molecule has 1 saturated heterocycles. The number of amides is 1. The van der Waals surface area contributed by atoms with E-state index in [4.69, 9.17) is 0 Å². The maximum atomic E-state index is 12.6. The van der Waals surface area contributed by atoms with E-state index in [1.165, 1.54) is 0 Å². The highest BCUT2D eigenvalue weighted by Crippen LogP contribution is 2.17. The van der Waals surface area contributed by atoms with Crippen molar-refractivity contribution in [3.63, 3.8) is 0 Å². The summed E-state index contributed by atoms with van der Waals surface area (Å²) in [7, 11) is 0.